The van der Waals surface area contributed by atoms with Crippen LogP contribution in [0.25, 0.3) is 0 Å². The fourth-order valence-electron chi connectivity index (χ4n) is 1.75. The van der Waals surface area contributed by atoms with Crippen molar-refractivity contribution in [1.82, 2.24) is 4.31 Å². The van der Waals surface area contributed by atoms with Crippen LogP contribution in [0.15, 0.2) is 29.2 Å². The van der Waals surface area contributed by atoms with Gasteiger partial charge < -0.3 is 5.73 Å². The molecule has 1 atom stereocenters. The second kappa shape index (κ2) is 5.83. The summed E-state index contributed by atoms with van der Waals surface area (Å²) in [4.78, 5) is 0.355. The lowest BCUT2D eigenvalue weighted by atomic mass is 10.3. The number of halogens is 2. The predicted octanol–water partition coefficient (Wildman–Crippen LogP) is 1.43. The highest BCUT2D eigenvalue weighted by molar-refractivity contribution is 14.1. The molecule has 0 aromatic heterocycles. The van der Waals surface area contributed by atoms with Crippen LogP contribution in [-0.2, 0) is 10.0 Å². The lowest BCUT2D eigenvalue weighted by Crippen LogP contribution is -2.31. The van der Waals surface area contributed by atoms with Gasteiger partial charge in [0.25, 0.3) is 0 Å². The molecule has 96 valence electrons. The Morgan fingerprint density at radius 1 is 1.41 bits per heavy atom. The number of nitrogens with zero attached hydrogens (tertiary/aromatic N) is 1. The molecule has 0 bridgehead atoms. The van der Waals surface area contributed by atoms with Crippen molar-refractivity contribution >= 4 is 45.0 Å². The van der Waals surface area contributed by atoms with Gasteiger partial charge in [-0.15, -0.1) is 12.4 Å². The van der Waals surface area contributed by atoms with Gasteiger partial charge in [0, 0.05) is 22.7 Å². The number of sulfonamides is 1. The Balaban J connectivity index is 0.00000144. The molecule has 0 unspecified atom stereocenters. The monoisotopic (exact) mass is 388 g/mol. The summed E-state index contributed by atoms with van der Waals surface area (Å²) in [5.41, 5.74) is 5.72. The quantitative estimate of drug-likeness (QED) is 0.780. The smallest absolute Gasteiger partial charge is 0.243 e. The highest BCUT2D eigenvalue weighted by Gasteiger charge is 2.30. The summed E-state index contributed by atoms with van der Waals surface area (Å²) >= 11 is 2.11. The molecule has 1 saturated heterocycles. The Morgan fingerprint density at radius 2 is 2.12 bits per heavy atom. The van der Waals surface area contributed by atoms with Crippen molar-refractivity contribution in [2.45, 2.75) is 17.4 Å². The average Bonchev–Trinajstić information content (AvgIpc) is 2.65. The molecule has 1 aliphatic rings. The van der Waals surface area contributed by atoms with Crippen molar-refractivity contribution in [2.75, 3.05) is 13.1 Å². The minimum absolute atomic E-state index is 0. The first-order chi connectivity index (χ1) is 7.50. The van der Waals surface area contributed by atoms with E-state index in [1.54, 1.807) is 18.2 Å². The zero-order valence-electron chi connectivity index (χ0n) is 9.04. The van der Waals surface area contributed by atoms with Crippen LogP contribution >= 0.6 is 35.0 Å². The molecule has 1 heterocycles. The van der Waals surface area contributed by atoms with Crippen LogP contribution in [0.5, 0.6) is 0 Å². The summed E-state index contributed by atoms with van der Waals surface area (Å²) in [6.07, 6.45) is 0.739. The molecule has 1 aromatic rings. The molecule has 0 amide bonds. The zero-order chi connectivity index (χ0) is 11.8. The van der Waals surface area contributed by atoms with E-state index >= 15 is 0 Å². The van der Waals surface area contributed by atoms with E-state index in [0.717, 1.165) is 9.99 Å². The Labute approximate surface area is 121 Å². The SMILES string of the molecule is Cl.N[C@@H]1CCN(S(=O)(=O)c2cccc(I)c2)C1. The van der Waals surface area contributed by atoms with Crippen LogP contribution in [0.2, 0.25) is 0 Å². The summed E-state index contributed by atoms with van der Waals surface area (Å²) in [6.45, 7) is 0.947. The molecule has 0 radical (unpaired) electrons. The van der Waals surface area contributed by atoms with Gasteiger partial charge >= 0.3 is 0 Å². The van der Waals surface area contributed by atoms with Crippen molar-refractivity contribution < 1.29 is 8.42 Å². The fraction of sp³-hybridized carbons (Fsp3) is 0.400. The number of nitrogens with two attached hydrogens (primary N) is 1. The molecule has 2 N–H and O–H groups in total. The first-order valence-electron chi connectivity index (χ1n) is 5.01. The van der Waals surface area contributed by atoms with Gasteiger partial charge in [-0.2, -0.15) is 4.31 Å². The molecule has 1 aromatic carbocycles. The van der Waals surface area contributed by atoms with Crippen LogP contribution in [-0.4, -0.2) is 31.9 Å². The Bertz CT molecular complexity index is 495. The standard InChI is InChI=1S/C10H13IN2O2S.ClH/c11-8-2-1-3-10(6-8)16(14,15)13-5-4-9(12)7-13;/h1-3,6,9H,4-5,7,12H2;1H/t9-;/m1./s1. The topological polar surface area (TPSA) is 63.4 Å². The van der Waals surface area contributed by atoms with Crippen LogP contribution in [0.3, 0.4) is 0 Å². The van der Waals surface area contributed by atoms with E-state index in [-0.39, 0.29) is 18.4 Å². The van der Waals surface area contributed by atoms with Gasteiger partial charge in [-0.05, 0) is 47.2 Å². The Morgan fingerprint density at radius 3 is 2.65 bits per heavy atom. The maximum atomic E-state index is 12.2. The first kappa shape index (κ1) is 15.2. The number of hydrogen-bond acceptors (Lipinski definition) is 3. The summed E-state index contributed by atoms with van der Waals surface area (Å²) in [6, 6.07) is 6.90. The van der Waals surface area contributed by atoms with E-state index in [9.17, 15) is 8.42 Å². The van der Waals surface area contributed by atoms with E-state index in [4.69, 9.17) is 5.73 Å². The lowest BCUT2D eigenvalue weighted by molar-refractivity contribution is 0.472. The molecule has 0 saturated carbocycles. The molecule has 1 fully saturated rings. The number of hydrogen-bond donors (Lipinski definition) is 1. The zero-order valence-corrected chi connectivity index (χ0v) is 12.8. The molecule has 0 spiro atoms. The fourth-order valence-corrected chi connectivity index (χ4v) is 4.06. The third-order valence-corrected chi connectivity index (χ3v) is 5.15. The van der Waals surface area contributed by atoms with Crippen LogP contribution in [0.4, 0.5) is 0 Å². The molecule has 17 heavy (non-hydrogen) atoms. The van der Waals surface area contributed by atoms with E-state index in [0.29, 0.717) is 18.0 Å². The third-order valence-electron chi connectivity index (χ3n) is 2.62. The first-order valence-corrected chi connectivity index (χ1v) is 7.53. The Kier molecular flexibility index (Phi) is 5.21. The number of benzene rings is 1. The second-order valence-electron chi connectivity index (χ2n) is 3.87. The molecular weight excluding hydrogens is 375 g/mol. The van der Waals surface area contributed by atoms with Gasteiger partial charge in [0.05, 0.1) is 4.90 Å². The Hall–Kier alpha value is 0.110. The molecule has 4 nitrogen and oxygen atoms in total. The molecular formula is C10H14ClIN2O2S. The van der Waals surface area contributed by atoms with Crippen LogP contribution < -0.4 is 5.73 Å². The number of rotatable bonds is 2. The lowest BCUT2D eigenvalue weighted by Gasteiger charge is -2.15. The normalized spacial score (nSPS) is 21.2. The van der Waals surface area contributed by atoms with Crippen molar-refractivity contribution in [3.63, 3.8) is 0 Å². The molecule has 2 rings (SSSR count). The van der Waals surface area contributed by atoms with Crippen molar-refractivity contribution in [1.29, 1.82) is 0 Å². The van der Waals surface area contributed by atoms with Crippen molar-refractivity contribution in [3.8, 4) is 0 Å². The van der Waals surface area contributed by atoms with Gasteiger partial charge in [0.1, 0.15) is 0 Å². The van der Waals surface area contributed by atoms with Gasteiger partial charge in [0.15, 0.2) is 0 Å². The summed E-state index contributed by atoms with van der Waals surface area (Å²) in [7, 11) is -3.35. The van der Waals surface area contributed by atoms with E-state index < -0.39 is 10.0 Å². The molecule has 7 heteroatoms. The van der Waals surface area contributed by atoms with Gasteiger partial charge in [-0.1, -0.05) is 6.07 Å². The van der Waals surface area contributed by atoms with Gasteiger partial charge in [-0.25, -0.2) is 8.42 Å². The minimum atomic E-state index is -3.35. The minimum Gasteiger partial charge on any atom is -0.326 e. The molecule has 0 aliphatic carbocycles. The largest absolute Gasteiger partial charge is 0.326 e. The predicted molar refractivity (Wildman–Crippen MR) is 77.8 cm³/mol. The third kappa shape index (κ3) is 3.31. The maximum absolute atomic E-state index is 12.2. The second-order valence-corrected chi connectivity index (χ2v) is 7.05. The van der Waals surface area contributed by atoms with Gasteiger partial charge in [0.2, 0.25) is 10.0 Å². The summed E-state index contributed by atoms with van der Waals surface area (Å²) < 4.78 is 26.8. The van der Waals surface area contributed by atoms with Crippen LogP contribution in [0.1, 0.15) is 6.42 Å². The highest BCUT2D eigenvalue weighted by atomic mass is 127. The maximum Gasteiger partial charge on any atom is 0.243 e. The van der Waals surface area contributed by atoms with E-state index in [1.165, 1.54) is 4.31 Å². The van der Waals surface area contributed by atoms with E-state index in [2.05, 4.69) is 22.6 Å². The highest BCUT2D eigenvalue weighted by Crippen LogP contribution is 2.21. The van der Waals surface area contributed by atoms with E-state index in [1.807, 2.05) is 6.07 Å². The van der Waals surface area contributed by atoms with Crippen molar-refractivity contribution in [2.24, 2.45) is 5.73 Å². The average molecular weight is 389 g/mol. The summed E-state index contributed by atoms with van der Waals surface area (Å²) in [5, 5.41) is 0. The summed E-state index contributed by atoms with van der Waals surface area (Å²) in [5.74, 6) is 0. The van der Waals surface area contributed by atoms with Gasteiger partial charge in [-0.3, -0.25) is 0 Å². The molecule has 1 aliphatic heterocycles. The van der Waals surface area contributed by atoms with Crippen LogP contribution in [0, 0.1) is 3.57 Å². The van der Waals surface area contributed by atoms with Crippen molar-refractivity contribution in [3.05, 3.63) is 27.8 Å².